The van der Waals surface area contributed by atoms with Crippen molar-refractivity contribution in [3.8, 4) is 0 Å². The van der Waals surface area contributed by atoms with Crippen LogP contribution in [0.4, 0.5) is 5.82 Å². The average molecular weight is 291 g/mol. The topological polar surface area (TPSA) is 64.0 Å². The Morgan fingerprint density at radius 2 is 1.85 bits per heavy atom. The summed E-state index contributed by atoms with van der Waals surface area (Å²) in [6.45, 7) is 3.79. The van der Waals surface area contributed by atoms with Crippen molar-refractivity contribution in [2.24, 2.45) is 7.05 Å². The first kappa shape index (κ1) is 14.3. The number of aromatic nitrogens is 2. The molecule has 0 unspecified atom stereocenters. The quantitative estimate of drug-likeness (QED) is 0.941. The van der Waals surface area contributed by atoms with Gasteiger partial charge in [0.1, 0.15) is 5.82 Å². The highest BCUT2D eigenvalue weighted by Crippen LogP contribution is 2.12. The lowest BCUT2D eigenvalue weighted by atomic mass is 10.2. The molecule has 0 fully saturated rings. The van der Waals surface area contributed by atoms with Crippen LogP contribution in [0.3, 0.4) is 0 Å². The molecule has 2 aromatic rings. The van der Waals surface area contributed by atoms with Crippen molar-refractivity contribution in [3.63, 3.8) is 0 Å². The molecule has 0 bridgehead atoms. The Bertz CT molecular complexity index is 728. The minimum atomic E-state index is -3.54. The predicted molar refractivity (Wildman–Crippen MR) is 80.7 cm³/mol. The van der Waals surface area contributed by atoms with E-state index in [-0.39, 0.29) is 0 Å². The molecule has 0 saturated heterocycles. The summed E-state index contributed by atoms with van der Waals surface area (Å²) in [6, 6.07) is 9.29. The Labute approximate surface area is 119 Å². The highest BCUT2D eigenvalue weighted by Gasteiger charge is 2.09. The molecule has 1 aromatic heterocycles. The molecule has 0 aliphatic carbocycles. The lowest BCUT2D eigenvalue weighted by Gasteiger charge is -2.03. The number of sulfonamides is 1. The molecule has 106 valence electrons. The normalized spacial score (nSPS) is 11.9. The number of nitrogens with zero attached hydrogens (tertiary/aromatic N) is 2. The van der Waals surface area contributed by atoms with Crippen molar-refractivity contribution in [2.45, 2.75) is 13.8 Å². The summed E-state index contributed by atoms with van der Waals surface area (Å²) in [5, 5.41) is 5.24. The third-order valence-electron chi connectivity index (χ3n) is 2.77. The van der Waals surface area contributed by atoms with E-state index in [1.165, 1.54) is 4.68 Å². The van der Waals surface area contributed by atoms with Crippen LogP contribution in [0.25, 0.3) is 6.08 Å². The third kappa shape index (κ3) is 3.71. The molecule has 0 spiro atoms. The minimum Gasteiger partial charge on any atom is -0.264 e. The van der Waals surface area contributed by atoms with Crippen LogP contribution < -0.4 is 4.72 Å². The van der Waals surface area contributed by atoms with Gasteiger partial charge >= 0.3 is 0 Å². The Morgan fingerprint density at radius 1 is 1.20 bits per heavy atom. The summed E-state index contributed by atoms with van der Waals surface area (Å²) in [5.41, 5.74) is 2.73. The Balaban J connectivity index is 2.15. The van der Waals surface area contributed by atoms with Crippen molar-refractivity contribution in [1.82, 2.24) is 9.78 Å². The van der Waals surface area contributed by atoms with Gasteiger partial charge < -0.3 is 0 Å². The largest absolute Gasteiger partial charge is 0.264 e. The van der Waals surface area contributed by atoms with Crippen molar-refractivity contribution >= 4 is 21.9 Å². The molecule has 1 N–H and O–H groups in total. The van der Waals surface area contributed by atoms with Gasteiger partial charge in [0, 0.05) is 13.1 Å². The molecule has 0 radical (unpaired) electrons. The van der Waals surface area contributed by atoms with E-state index in [2.05, 4.69) is 9.82 Å². The Kier molecular flexibility index (Phi) is 3.94. The van der Waals surface area contributed by atoms with Gasteiger partial charge in [0.25, 0.3) is 10.0 Å². The van der Waals surface area contributed by atoms with E-state index in [1.807, 2.05) is 31.2 Å². The van der Waals surface area contributed by atoms with Crippen LogP contribution in [0, 0.1) is 13.8 Å². The van der Waals surface area contributed by atoms with Crippen molar-refractivity contribution in [2.75, 3.05) is 4.72 Å². The summed E-state index contributed by atoms with van der Waals surface area (Å²) >= 11 is 0. The van der Waals surface area contributed by atoms with Gasteiger partial charge in [-0.3, -0.25) is 9.40 Å². The molecule has 0 aliphatic rings. The van der Waals surface area contributed by atoms with Gasteiger partial charge in [0.05, 0.1) is 11.1 Å². The van der Waals surface area contributed by atoms with Crippen LogP contribution in [0.2, 0.25) is 0 Å². The van der Waals surface area contributed by atoms with Gasteiger partial charge in [-0.2, -0.15) is 5.10 Å². The monoisotopic (exact) mass is 291 g/mol. The summed E-state index contributed by atoms with van der Waals surface area (Å²) in [4.78, 5) is 0. The maximum absolute atomic E-state index is 12.0. The van der Waals surface area contributed by atoms with Crippen molar-refractivity contribution < 1.29 is 8.42 Å². The predicted octanol–water partition coefficient (Wildman–Crippen LogP) is 2.45. The fraction of sp³-hybridized carbons (Fsp3) is 0.214. The maximum atomic E-state index is 12.0. The van der Waals surface area contributed by atoms with Crippen LogP contribution in [-0.2, 0) is 17.1 Å². The standard InChI is InChI=1S/C14H17N3O2S/c1-11-4-6-13(7-5-11)8-9-20(18,19)16-14-10-12(2)15-17(14)3/h4-10,16H,1-3H3/b9-8-. The molecule has 1 aromatic carbocycles. The number of rotatable bonds is 4. The smallest absolute Gasteiger partial charge is 0.256 e. The molecule has 6 heteroatoms. The number of hydrogen-bond donors (Lipinski definition) is 1. The minimum absolute atomic E-state index is 0.441. The number of hydrogen-bond acceptors (Lipinski definition) is 3. The Hall–Kier alpha value is -2.08. The van der Waals surface area contributed by atoms with Gasteiger partial charge in [0.15, 0.2) is 0 Å². The van der Waals surface area contributed by atoms with E-state index in [0.717, 1.165) is 22.2 Å². The summed E-state index contributed by atoms with van der Waals surface area (Å²) in [6.07, 6.45) is 1.56. The van der Waals surface area contributed by atoms with Crippen LogP contribution >= 0.6 is 0 Å². The van der Waals surface area contributed by atoms with Crippen LogP contribution in [0.5, 0.6) is 0 Å². The first-order chi connectivity index (χ1) is 9.35. The molecule has 5 nitrogen and oxygen atoms in total. The SMILES string of the molecule is Cc1ccc(/C=C\S(=O)(=O)Nc2cc(C)nn2C)cc1. The number of benzene rings is 1. The zero-order valence-electron chi connectivity index (χ0n) is 11.7. The molecule has 0 aliphatic heterocycles. The molecule has 1 heterocycles. The second-order valence-corrected chi connectivity index (χ2v) is 6.22. The fourth-order valence-electron chi connectivity index (χ4n) is 1.73. The van der Waals surface area contributed by atoms with Gasteiger partial charge in [-0.15, -0.1) is 0 Å². The number of anilines is 1. The maximum Gasteiger partial charge on any atom is 0.256 e. The van der Waals surface area contributed by atoms with E-state index in [1.54, 1.807) is 26.1 Å². The van der Waals surface area contributed by atoms with Gasteiger partial charge in [-0.1, -0.05) is 29.8 Å². The summed E-state index contributed by atoms with van der Waals surface area (Å²) in [5.74, 6) is 0.441. The fourth-order valence-corrected chi connectivity index (χ4v) is 2.62. The zero-order chi connectivity index (χ0) is 14.8. The summed E-state index contributed by atoms with van der Waals surface area (Å²) < 4.78 is 27.9. The lowest BCUT2D eigenvalue weighted by molar-refractivity contribution is 0.608. The summed E-state index contributed by atoms with van der Waals surface area (Å²) in [7, 11) is -1.85. The first-order valence-electron chi connectivity index (χ1n) is 6.14. The van der Waals surface area contributed by atoms with Gasteiger partial charge in [-0.25, -0.2) is 8.42 Å². The van der Waals surface area contributed by atoms with E-state index in [4.69, 9.17) is 0 Å². The van der Waals surface area contributed by atoms with E-state index in [0.29, 0.717) is 5.82 Å². The second-order valence-electron chi connectivity index (χ2n) is 4.66. The van der Waals surface area contributed by atoms with Crippen molar-refractivity contribution in [3.05, 3.63) is 52.6 Å². The van der Waals surface area contributed by atoms with E-state index < -0.39 is 10.0 Å². The lowest BCUT2D eigenvalue weighted by Crippen LogP contribution is -2.12. The average Bonchev–Trinajstić information content (AvgIpc) is 2.66. The number of nitrogens with one attached hydrogen (secondary N) is 1. The van der Waals surface area contributed by atoms with Crippen LogP contribution in [0.1, 0.15) is 16.8 Å². The molecular weight excluding hydrogens is 274 g/mol. The highest BCUT2D eigenvalue weighted by atomic mass is 32.2. The Morgan fingerprint density at radius 3 is 2.40 bits per heavy atom. The van der Waals surface area contributed by atoms with Gasteiger partial charge in [-0.05, 0) is 25.5 Å². The molecule has 0 atom stereocenters. The van der Waals surface area contributed by atoms with E-state index >= 15 is 0 Å². The third-order valence-corrected chi connectivity index (χ3v) is 3.75. The molecule has 0 saturated carbocycles. The highest BCUT2D eigenvalue weighted by molar-refractivity contribution is 7.95. The van der Waals surface area contributed by atoms with E-state index in [9.17, 15) is 8.42 Å². The number of aryl methyl sites for hydroxylation is 3. The molecule has 20 heavy (non-hydrogen) atoms. The molecule has 0 amide bonds. The van der Waals surface area contributed by atoms with Crippen LogP contribution in [0.15, 0.2) is 35.7 Å². The second kappa shape index (κ2) is 5.50. The molecular formula is C14H17N3O2S. The zero-order valence-corrected chi connectivity index (χ0v) is 12.5. The van der Waals surface area contributed by atoms with Crippen LogP contribution in [-0.4, -0.2) is 18.2 Å². The van der Waals surface area contributed by atoms with Gasteiger partial charge in [0.2, 0.25) is 0 Å². The first-order valence-corrected chi connectivity index (χ1v) is 7.68. The van der Waals surface area contributed by atoms with Crippen molar-refractivity contribution in [1.29, 1.82) is 0 Å². The molecule has 2 rings (SSSR count).